The van der Waals surface area contributed by atoms with Gasteiger partial charge in [-0.3, -0.25) is 4.79 Å². The summed E-state index contributed by atoms with van der Waals surface area (Å²) in [4.78, 5) is 16.0. The Morgan fingerprint density at radius 2 is 1.90 bits per heavy atom. The molecule has 164 valence electrons. The first-order valence-electron chi connectivity index (χ1n) is 9.60. The summed E-state index contributed by atoms with van der Waals surface area (Å²) in [6.07, 6.45) is 2.42. The van der Waals surface area contributed by atoms with E-state index in [4.69, 9.17) is 0 Å². The molecule has 11 heteroatoms. The van der Waals surface area contributed by atoms with Gasteiger partial charge in [0.1, 0.15) is 5.82 Å². The molecule has 2 aromatic heterocycles. The highest BCUT2D eigenvalue weighted by atomic mass is 32.2. The maximum absolute atomic E-state index is 13.6. The van der Waals surface area contributed by atoms with Crippen LogP contribution >= 0.6 is 0 Å². The van der Waals surface area contributed by atoms with Crippen LogP contribution in [0.25, 0.3) is 5.82 Å². The number of halogens is 3. The van der Waals surface area contributed by atoms with Crippen LogP contribution in [-0.4, -0.2) is 41.8 Å². The minimum atomic E-state index is -4.83. The van der Waals surface area contributed by atoms with Crippen LogP contribution in [0.4, 0.5) is 19.0 Å². The predicted octanol–water partition coefficient (Wildman–Crippen LogP) is 3.88. The molecule has 0 aliphatic heterocycles. The molecule has 2 heterocycles. The van der Waals surface area contributed by atoms with Crippen LogP contribution in [0.5, 0.6) is 0 Å². The highest BCUT2D eigenvalue weighted by Crippen LogP contribution is 2.36. The summed E-state index contributed by atoms with van der Waals surface area (Å²) >= 11 is 0. The van der Waals surface area contributed by atoms with E-state index >= 15 is 0 Å². The minimum Gasteiger partial charge on any atom is -0.369 e. The first kappa shape index (κ1) is 22.3. The molecule has 0 atom stereocenters. The van der Waals surface area contributed by atoms with Crippen LogP contribution in [-0.2, 0) is 16.0 Å². The van der Waals surface area contributed by atoms with Crippen molar-refractivity contribution in [2.75, 3.05) is 18.1 Å². The Morgan fingerprint density at radius 3 is 2.40 bits per heavy atom. The molecule has 0 saturated heterocycles. The Labute approximate surface area is 172 Å². The van der Waals surface area contributed by atoms with Crippen LogP contribution in [0.1, 0.15) is 55.1 Å². The predicted molar refractivity (Wildman–Crippen MR) is 105 cm³/mol. The molecule has 3 rings (SSSR count). The van der Waals surface area contributed by atoms with E-state index < -0.39 is 33.1 Å². The summed E-state index contributed by atoms with van der Waals surface area (Å²) in [5.74, 6) is -0.587. The first-order chi connectivity index (χ1) is 14.0. The second-order valence-corrected chi connectivity index (χ2v) is 9.56. The molecule has 0 bridgehead atoms. The van der Waals surface area contributed by atoms with Gasteiger partial charge in [-0.1, -0.05) is 19.3 Å². The Kier molecular flexibility index (Phi) is 6.21. The van der Waals surface area contributed by atoms with Crippen LogP contribution in [0.15, 0.2) is 23.2 Å². The fourth-order valence-corrected chi connectivity index (χ4v) is 4.19. The second kappa shape index (κ2) is 8.37. The van der Waals surface area contributed by atoms with Crippen molar-refractivity contribution in [3.63, 3.8) is 0 Å². The van der Waals surface area contributed by atoms with Gasteiger partial charge in [-0.25, -0.2) is 13.4 Å². The molecule has 0 radical (unpaired) electrons. The van der Waals surface area contributed by atoms with Crippen LogP contribution < -0.4 is 5.32 Å². The maximum atomic E-state index is 13.6. The number of ketones is 1. The van der Waals surface area contributed by atoms with Crippen LogP contribution in [0, 0.1) is 5.92 Å². The van der Waals surface area contributed by atoms with E-state index in [9.17, 15) is 26.4 Å². The lowest BCUT2D eigenvalue weighted by Gasteiger charge is -2.22. The van der Waals surface area contributed by atoms with Gasteiger partial charge in [-0.05, 0) is 37.8 Å². The number of hydrogen-bond donors (Lipinski definition) is 1. The molecule has 0 spiro atoms. The number of nitrogens with zero attached hydrogens (tertiary/aromatic N) is 3. The Morgan fingerprint density at radius 1 is 1.23 bits per heavy atom. The summed E-state index contributed by atoms with van der Waals surface area (Å²) in [7, 11) is -3.52. The molecule has 1 aliphatic rings. The molecule has 0 unspecified atom stereocenters. The Hall–Kier alpha value is -2.43. The third-order valence-electron chi connectivity index (χ3n) is 5.15. The lowest BCUT2D eigenvalue weighted by Crippen LogP contribution is -2.20. The zero-order chi connectivity index (χ0) is 22.1. The number of Topliss-reactive ketones (excluding diaryl/α,β-unsaturated/α-hetero) is 1. The Balaban J connectivity index is 2.06. The molecular formula is C19H23F3N4O3S. The van der Waals surface area contributed by atoms with Crippen molar-refractivity contribution in [3.8, 4) is 5.82 Å². The average Bonchev–Trinajstić information content (AvgIpc) is 3.07. The molecule has 1 aliphatic carbocycles. The highest BCUT2D eigenvalue weighted by Gasteiger charge is 2.41. The summed E-state index contributed by atoms with van der Waals surface area (Å²) in [6, 6.07) is 2.50. The van der Waals surface area contributed by atoms with Gasteiger partial charge in [0.05, 0.1) is 10.5 Å². The number of carbonyl (C=O) groups excluding carboxylic acids is 1. The monoisotopic (exact) mass is 444 g/mol. The number of alkyl halides is 3. The van der Waals surface area contributed by atoms with E-state index in [2.05, 4.69) is 15.4 Å². The average molecular weight is 444 g/mol. The van der Waals surface area contributed by atoms with Gasteiger partial charge in [-0.2, -0.15) is 23.0 Å². The van der Waals surface area contributed by atoms with Gasteiger partial charge < -0.3 is 5.32 Å². The van der Waals surface area contributed by atoms with Crippen molar-refractivity contribution in [2.45, 2.75) is 50.1 Å². The van der Waals surface area contributed by atoms with Gasteiger partial charge in [0.15, 0.2) is 27.1 Å². The SMILES string of the molecule is CC(=O)c1c(C(F)(F)F)nn(-c2ccc(S(C)(=O)=O)cn2)c1NCC1CCCCC1. The number of sulfone groups is 1. The molecule has 1 saturated carbocycles. The van der Waals surface area contributed by atoms with Crippen molar-refractivity contribution in [2.24, 2.45) is 5.92 Å². The standard InChI is InChI=1S/C19H23F3N4O3S/c1-12(27)16-17(19(20,21)22)25-26(15-9-8-14(11-23-15)30(2,28)29)18(16)24-10-13-6-4-3-5-7-13/h8-9,11,13,24H,3-7,10H2,1-2H3. The number of aromatic nitrogens is 3. The fourth-order valence-electron chi connectivity index (χ4n) is 3.63. The largest absolute Gasteiger partial charge is 0.435 e. The zero-order valence-electron chi connectivity index (χ0n) is 16.7. The zero-order valence-corrected chi connectivity index (χ0v) is 17.5. The van der Waals surface area contributed by atoms with Crippen molar-refractivity contribution >= 4 is 21.4 Å². The van der Waals surface area contributed by atoms with Crippen LogP contribution in [0.3, 0.4) is 0 Å². The third-order valence-corrected chi connectivity index (χ3v) is 6.25. The highest BCUT2D eigenvalue weighted by molar-refractivity contribution is 7.90. The van der Waals surface area contributed by atoms with Crippen molar-refractivity contribution in [3.05, 3.63) is 29.6 Å². The number of rotatable bonds is 6. The van der Waals surface area contributed by atoms with E-state index in [-0.39, 0.29) is 22.4 Å². The summed E-state index contributed by atoms with van der Waals surface area (Å²) < 4.78 is 64.9. The van der Waals surface area contributed by atoms with E-state index in [1.165, 1.54) is 12.1 Å². The second-order valence-electron chi connectivity index (χ2n) is 7.55. The molecular weight excluding hydrogens is 421 g/mol. The van der Waals surface area contributed by atoms with Crippen molar-refractivity contribution < 1.29 is 26.4 Å². The number of nitrogens with one attached hydrogen (secondary N) is 1. The minimum absolute atomic E-state index is 0.0217. The molecule has 7 nitrogen and oxygen atoms in total. The van der Waals surface area contributed by atoms with Crippen LogP contribution in [0.2, 0.25) is 0 Å². The summed E-state index contributed by atoms with van der Waals surface area (Å²) in [6.45, 7) is 1.47. The lowest BCUT2D eigenvalue weighted by atomic mass is 9.89. The Bertz CT molecular complexity index is 1020. The maximum Gasteiger partial charge on any atom is 0.435 e. The molecule has 30 heavy (non-hydrogen) atoms. The van der Waals surface area contributed by atoms with Crippen molar-refractivity contribution in [1.29, 1.82) is 0 Å². The third kappa shape index (κ3) is 4.82. The van der Waals surface area contributed by atoms with E-state index in [0.717, 1.165) is 56.2 Å². The lowest BCUT2D eigenvalue weighted by molar-refractivity contribution is -0.141. The van der Waals surface area contributed by atoms with E-state index in [1.807, 2.05) is 0 Å². The van der Waals surface area contributed by atoms with Gasteiger partial charge in [0.25, 0.3) is 0 Å². The van der Waals surface area contributed by atoms with E-state index in [0.29, 0.717) is 6.54 Å². The van der Waals surface area contributed by atoms with Gasteiger partial charge in [0.2, 0.25) is 0 Å². The molecule has 2 aromatic rings. The number of hydrogen-bond acceptors (Lipinski definition) is 6. The summed E-state index contributed by atoms with van der Waals surface area (Å²) in [5, 5.41) is 6.62. The van der Waals surface area contributed by atoms with Crippen molar-refractivity contribution in [1.82, 2.24) is 14.8 Å². The quantitative estimate of drug-likeness (QED) is 0.680. The fraction of sp³-hybridized carbons (Fsp3) is 0.526. The number of anilines is 1. The first-order valence-corrected chi connectivity index (χ1v) is 11.5. The van der Waals surface area contributed by atoms with Gasteiger partial charge in [-0.15, -0.1) is 0 Å². The molecule has 0 aromatic carbocycles. The topological polar surface area (TPSA) is 94.0 Å². The van der Waals surface area contributed by atoms with Gasteiger partial charge in [0, 0.05) is 19.0 Å². The van der Waals surface area contributed by atoms with E-state index in [1.54, 1.807) is 0 Å². The number of pyridine rings is 1. The normalized spacial score (nSPS) is 15.9. The number of carbonyl (C=O) groups is 1. The molecule has 1 N–H and O–H groups in total. The summed E-state index contributed by atoms with van der Waals surface area (Å²) in [5.41, 5.74) is -1.84. The smallest absolute Gasteiger partial charge is 0.369 e. The van der Waals surface area contributed by atoms with Gasteiger partial charge >= 0.3 is 6.18 Å². The molecule has 0 amide bonds. The molecule has 1 fully saturated rings.